The Morgan fingerprint density at radius 3 is 1.52 bits per heavy atom. The summed E-state index contributed by atoms with van der Waals surface area (Å²) in [6.45, 7) is 0. The number of halogens is 1. The number of thioether (sulfide) groups is 2. The second-order valence-corrected chi connectivity index (χ2v) is 8.44. The SMILES string of the molecule is O=C1C(Sc2ccccc2)=C(Sc2ccc(Cl)cc2)C(=O)c2ccccc21. The molecule has 0 fully saturated rings. The van der Waals surface area contributed by atoms with Crippen molar-refractivity contribution in [3.63, 3.8) is 0 Å². The van der Waals surface area contributed by atoms with Gasteiger partial charge in [-0.2, -0.15) is 0 Å². The van der Waals surface area contributed by atoms with Gasteiger partial charge in [0, 0.05) is 25.9 Å². The van der Waals surface area contributed by atoms with Crippen LogP contribution in [0, 0.1) is 0 Å². The summed E-state index contributed by atoms with van der Waals surface area (Å²) in [7, 11) is 0. The van der Waals surface area contributed by atoms with Crippen LogP contribution < -0.4 is 0 Å². The van der Waals surface area contributed by atoms with Crippen LogP contribution in [0.2, 0.25) is 5.02 Å². The normalized spacial score (nSPS) is 13.7. The summed E-state index contributed by atoms with van der Waals surface area (Å²) in [5.41, 5.74) is 0.915. The standard InChI is InChI=1S/C22H13ClO2S2/c23-14-10-12-16(13-11-14)27-22-20(25)18-9-5-4-8-17(18)19(24)21(22)26-15-6-2-1-3-7-15/h1-13H. The average Bonchev–Trinajstić information content (AvgIpc) is 2.71. The van der Waals surface area contributed by atoms with Gasteiger partial charge in [0.25, 0.3) is 0 Å². The molecule has 4 rings (SSSR count). The number of fused-ring (bicyclic) bond motifs is 1. The maximum absolute atomic E-state index is 13.2. The zero-order valence-electron chi connectivity index (χ0n) is 14.0. The maximum Gasteiger partial charge on any atom is 0.201 e. The molecule has 1 aliphatic carbocycles. The van der Waals surface area contributed by atoms with Gasteiger partial charge in [-0.25, -0.2) is 0 Å². The zero-order valence-corrected chi connectivity index (χ0v) is 16.4. The molecular formula is C22H13ClO2S2. The number of Topliss-reactive ketones (excluding diaryl/α,β-unsaturated/α-hetero) is 2. The van der Waals surface area contributed by atoms with E-state index in [0.29, 0.717) is 26.0 Å². The highest BCUT2D eigenvalue weighted by atomic mass is 35.5. The summed E-state index contributed by atoms with van der Waals surface area (Å²) in [5, 5.41) is 0.628. The predicted octanol–water partition coefficient (Wildman–Crippen LogP) is 6.52. The molecule has 0 radical (unpaired) electrons. The van der Waals surface area contributed by atoms with Gasteiger partial charge < -0.3 is 0 Å². The van der Waals surface area contributed by atoms with E-state index >= 15 is 0 Å². The smallest absolute Gasteiger partial charge is 0.201 e. The Labute approximate surface area is 170 Å². The Hall–Kier alpha value is -2.27. The van der Waals surface area contributed by atoms with Crippen LogP contribution in [0.5, 0.6) is 0 Å². The molecule has 3 aromatic carbocycles. The number of ketones is 2. The van der Waals surface area contributed by atoms with Crippen molar-refractivity contribution >= 4 is 46.7 Å². The van der Waals surface area contributed by atoms with E-state index in [2.05, 4.69) is 0 Å². The fourth-order valence-corrected chi connectivity index (χ4v) is 4.93. The fraction of sp³-hybridized carbons (Fsp3) is 0. The molecule has 0 atom stereocenters. The van der Waals surface area contributed by atoms with E-state index in [4.69, 9.17) is 11.6 Å². The lowest BCUT2D eigenvalue weighted by Gasteiger charge is -2.20. The Morgan fingerprint density at radius 2 is 1.00 bits per heavy atom. The highest BCUT2D eigenvalue weighted by Crippen LogP contribution is 2.43. The van der Waals surface area contributed by atoms with E-state index in [9.17, 15) is 9.59 Å². The minimum atomic E-state index is -0.122. The number of benzene rings is 3. The Balaban J connectivity index is 1.81. The number of allylic oxidation sites excluding steroid dienone is 2. The molecule has 0 spiro atoms. The molecule has 0 unspecified atom stereocenters. The largest absolute Gasteiger partial charge is 0.288 e. The molecule has 132 valence electrons. The van der Waals surface area contributed by atoms with E-state index in [1.165, 1.54) is 23.5 Å². The minimum Gasteiger partial charge on any atom is -0.288 e. The van der Waals surface area contributed by atoms with Gasteiger partial charge in [0.05, 0.1) is 9.81 Å². The lowest BCUT2D eigenvalue weighted by Crippen LogP contribution is -2.19. The van der Waals surface area contributed by atoms with Crippen LogP contribution in [0.15, 0.2) is 98.5 Å². The van der Waals surface area contributed by atoms with Crippen molar-refractivity contribution in [3.05, 3.63) is 105 Å². The van der Waals surface area contributed by atoms with E-state index < -0.39 is 0 Å². The third kappa shape index (κ3) is 3.74. The average molecular weight is 409 g/mol. The second kappa shape index (κ2) is 7.77. The van der Waals surface area contributed by atoms with E-state index in [-0.39, 0.29) is 11.6 Å². The van der Waals surface area contributed by atoms with Crippen molar-refractivity contribution < 1.29 is 9.59 Å². The number of hydrogen-bond donors (Lipinski definition) is 0. The van der Waals surface area contributed by atoms with Crippen LogP contribution >= 0.6 is 35.1 Å². The zero-order chi connectivity index (χ0) is 18.8. The molecule has 0 aromatic heterocycles. The Morgan fingerprint density at radius 1 is 0.556 bits per heavy atom. The van der Waals surface area contributed by atoms with Gasteiger partial charge in [0.2, 0.25) is 11.6 Å². The molecule has 0 N–H and O–H groups in total. The summed E-state index contributed by atoms with van der Waals surface area (Å²) in [5.74, 6) is -0.237. The van der Waals surface area contributed by atoms with Crippen molar-refractivity contribution in [2.75, 3.05) is 0 Å². The first-order valence-electron chi connectivity index (χ1n) is 8.22. The van der Waals surface area contributed by atoms with E-state index in [0.717, 1.165) is 9.79 Å². The molecule has 2 nitrogen and oxygen atoms in total. The lowest BCUT2D eigenvalue weighted by atomic mass is 9.94. The molecule has 0 aliphatic heterocycles. The van der Waals surface area contributed by atoms with Gasteiger partial charge in [0.15, 0.2) is 0 Å². The molecule has 1 aliphatic rings. The molecule has 0 saturated heterocycles. The summed E-state index contributed by atoms with van der Waals surface area (Å²) in [6.07, 6.45) is 0. The second-order valence-electron chi connectivity index (χ2n) is 5.83. The van der Waals surface area contributed by atoms with Gasteiger partial charge in [-0.15, -0.1) is 0 Å². The van der Waals surface area contributed by atoms with E-state index in [1.807, 2.05) is 42.5 Å². The third-order valence-corrected chi connectivity index (χ3v) is 6.62. The molecule has 0 saturated carbocycles. The third-order valence-electron chi connectivity index (χ3n) is 4.03. The molecular weight excluding hydrogens is 396 g/mol. The monoisotopic (exact) mass is 408 g/mol. The molecule has 0 amide bonds. The van der Waals surface area contributed by atoms with Crippen LogP contribution in [-0.2, 0) is 0 Å². The van der Waals surface area contributed by atoms with Crippen molar-refractivity contribution in [3.8, 4) is 0 Å². The molecule has 3 aromatic rings. The van der Waals surface area contributed by atoms with Crippen LogP contribution in [0.3, 0.4) is 0 Å². The van der Waals surface area contributed by atoms with Crippen molar-refractivity contribution in [2.24, 2.45) is 0 Å². The topological polar surface area (TPSA) is 34.1 Å². The maximum atomic E-state index is 13.2. The number of carbonyl (C=O) groups is 2. The van der Waals surface area contributed by atoms with E-state index in [1.54, 1.807) is 36.4 Å². The summed E-state index contributed by atoms with van der Waals surface area (Å²) >= 11 is 8.60. The molecule has 0 heterocycles. The van der Waals surface area contributed by atoms with Gasteiger partial charge >= 0.3 is 0 Å². The number of carbonyl (C=O) groups excluding carboxylic acids is 2. The van der Waals surface area contributed by atoms with Gasteiger partial charge in [-0.1, -0.05) is 77.6 Å². The molecule has 0 bridgehead atoms. The van der Waals surface area contributed by atoms with Crippen LogP contribution in [-0.4, -0.2) is 11.6 Å². The first-order valence-corrected chi connectivity index (χ1v) is 10.2. The summed E-state index contributed by atoms with van der Waals surface area (Å²) < 4.78 is 0. The summed E-state index contributed by atoms with van der Waals surface area (Å²) in [6, 6.07) is 23.9. The summed E-state index contributed by atoms with van der Waals surface area (Å²) in [4.78, 5) is 29.0. The van der Waals surface area contributed by atoms with Crippen molar-refractivity contribution in [1.82, 2.24) is 0 Å². The minimum absolute atomic E-state index is 0.115. The predicted molar refractivity (Wildman–Crippen MR) is 112 cm³/mol. The number of hydrogen-bond acceptors (Lipinski definition) is 4. The van der Waals surface area contributed by atoms with Crippen LogP contribution in [0.25, 0.3) is 0 Å². The van der Waals surface area contributed by atoms with Gasteiger partial charge in [-0.3, -0.25) is 9.59 Å². The fourth-order valence-electron chi connectivity index (χ4n) is 2.74. The first kappa shape index (κ1) is 18.1. The highest BCUT2D eigenvalue weighted by molar-refractivity contribution is 8.08. The molecule has 5 heteroatoms. The van der Waals surface area contributed by atoms with Gasteiger partial charge in [0.1, 0.15) is 0 Å². The van der Waals surface area contributed by atoms with Crippen molar-refractivity contribution in [1.29, 1.82) is 0 Å². The van der Waals surface area contributed by atoms with Crippen LogP contribution in [0.4, 0.5) is 0 Å². The van der Waals surface area contributed by atoms with Crippen molar-refractivity contribution in [2.45, 2.75) is 9.79 Å². The Kier molecular flexibility index (Phi) is 5.21. The quantitative estimate of drug-likeness (QED) is 0.492. The molecule has 27 heavy (non-hydrogen) atoms. The highest BCUT2D eigenvalue weighted by Gasteiger charge is 2.33. The first-order chi connectivity index (χ1) is 13.1. The van der Waals surface area contributed by atoms with Crippen LogP contribution in [0.1, 0.15) is 20.7 Å². The lowest BCUT2D eigenvalue weighted by molar-refractivity contribution is 0.0988. The number of rotatable bonds is 4. The Bertz CT molecular complexity index is 1060. The van der Waals surface area contributed by atoms with Gasteiger partial charge in [-0.05, 0) is 36.4 Å².